The summed E-state index contributed by atoms with van der Waals surface area (Å²) in [6, 6.07) is 4.73. The van der Waals surface area contributed by atoms with Crippen LogP contribution in [0.25, 0.3) is 11.2 Å². The van der Waals surface area contributed by atoms with Gasteiger partial charge in [0.2, 0.25) is 0 Å². The number of nitrogens with zero attached hydrogens (tertiary/aromatic N) is 4. The van der Waals surface area contributed by atoms with E-state index < -0.39 is 0 Å². The summed E-state index contributed by atoms with van der Waals surface area (Å²) in [6.07, 6.45) is 9.69. The van der Waals surface area contributed by atoms with Crippen molar-refractivity contribution in [2.45, 2.75) is 31.7 Å². The molecule has 1 aromatic carbocycles. The van der Waals surface area contributed by atoms with Crippen LogP contribution >= 0.6 is 0 Å². The number of ether oxygens (including phenoxy) is 1. The van der Waals surface area contributed by atoms with E-state index in [1.807, 2.05) is 4.57 Å². The van der Waals surface area contributed by atoms with E-state index in [0.717, 1.165) is 12.8 Å². The van der Waals surface area contributed by atoms with Crippen molar-refractivity contribution in [3.63, 3.8) is 0 Å². The third kappa shape index (κ3) is 2.77. The molecule has 132 valence electrons. The summed E-state index contributed by atoms with van der Waals surface area (Å²) in [7, 11) is 0. The summed E-state index contributed by atoms with van der Waals surface area (Å²) >= 11 is 0. The summed E-state index contributed by atoms with van der Waals surface area (Å²) in [5, 5.41) is 3.11. The van der Waals surface area contributed by atoms with Crippen LogP contribution < -0.4 is 11.1 Å². The van der Waals surface area contributed by atoms with E-state index in [4.69, 9.17) is 16.9 Å². The summed E-state index contributed by atoms with van der Waals surface area (Å²) in [6.45, 7) is 0.0705. The fourth-order valence-corrected chi connectivity index (χ4v) is 3.11. The van der Waals surface area contributed by atoms with E-state index in [9.17, 15) is 4.39 Å². The van der Waals surface area contributed by atoms with Crippen molar-refractivity contribution >= 4 is 22.7 Å². The minimum Gasteiger partial charge on any atom is -0.342 e. The molecule has 1 aliphatic heterocycles. The quantitative estimate of drug-likeness (QED) is 0.701. The van der Waals surface area contributed by atoms with Gasteiger partial charge in [-0.25, -0.2) is 19.3 Å². The molecule has 2 atom stereocenters. The third-order valence-electron chi connectivity index (χ3n) is 4.43. The molecule has 0 saturated carbocycles. The zero-order valence-electron chi connectivity index (χ0n) is 13.9. The van der Waals surface area contributed by atoms with Crippen molar-refractivity contribution in [3.05, 3.63) is 42.2 Å². The molecule has 3 N–H and O–H groups in total. The van der Waals surface area contributed by atoms with Gasteiger partial charge in [-0.15, -0.1) is 6.42 Å². The molecule has 26 heavy (non-hydrogen) atoms. The largest absolute Gasteiger partial charge is 0.342 e. The molecule has 0 bridgehead atoms. The van der Waals surface area contributed by atoms with Crippen molar-refractivity contribution < 1.29 is 9.13 Å². The lowest BCUT2D eigenvalue weighted by atomic mass is 10.1. The maximum atomic E-state index is 13.9. The molecule has 7 nitrogen and oxygen atoms in total. The number of hydrogen-bond donors (Lipinski definition) is 2. The Morgan fingerprint density at radius 3 is 3.00 bits per heavy atom. The molecule has 4 rings (SSSR count). The van der Waals surface area contributed by atoms with E-state index >= 15 is 0 Å². The molecule has 2 unspecified atom stereocenters. The van der Waals surface area contributed by atoms with E-state index in [0.29, 0.717) is 28.2 Å². The number of hydrogen-bond acceptors (Lipinski definition) is 6. The fraction of sp³-hybridized carbons (Fsp3) is 0.278. The minimum absolute atomic E-state index is 0.0705. The van der Waals surface area contributed by atoms with Gasteiger partial charge >= 0.3 is 0 Å². The van der Waals surface area contributed by atoms with Crippen molar-refractivity contribution in [1.82, 2.24) is 19.5 Å². The molecule has 0 spiro atoms. The SMILES string of the molecule is C#CC1CCC(n2cnc3c(Nc4cccc(F)c4CN)ncnc32)O1. The smallest absolute Gasteiger partial charge is 0.167 e. The number of benzene rings is 1. The first-order valence-corrected chi connectivity index (χ1v) is 8.25. The van der Waals surface area contributed by atoms with Gasteiger partial charge in [0.25, 0.3) is 0 Å². The lowest BCUT2D eigenvalue weighted by Gasteiger charge is -2.13. The molecule has 1 fully saturated rings. The second kappa shape index (κ2) is 6.71. The van der Waals surface area contributed by atoms with E-state index in [-0.39, 0.29) is 24.7 Å². The molecular weight excluding hydrogens is 335 g/mol. The Balaban J connectivity index is 1.70. The zero-order valence-corrected chi connectivity index (χ0v) is 13.9. The topological polar surface area (TPSA) is 90.9 Å². The molecule has 0 radical (unpaired) electrons. The number of aromatic nitrogens is 4. The number of fused-ring (bicyclic) bond motifs is 1. The van der Waals surface area contributed by atoms with Crippen LogP contribution in [0.15, 0.2) is 30.9 Å². The molecule has 1 aliphatic rings. The lowest BCUT2D eigenvalue weighted by Crippen LogP contribution is -2.10. The Kier molecular flexibility index (Phi) is 4.24. The number of terminal acetylenes is 1. The lowest BCUT2D eigenvalue weighted by molar-refractivity contribution is 0.0300. The summed E-state index contributed by atoms with van der Waals surface area (Å²) in [5.74, 6) is 2.72. The maximum absolute atomic E-state index is 13.9. The molecule has 3 aromatic rings. The van der Waals surface area contributed by atoms with Crippen LogP contribution in [0.3, 0.4) is 0 Å². The highest BCUT2D eigenvalue weighted by molar-refractivity contribution is 5.85. The normalized spacial score (nSPS) is 19.6. The highest BCUT2D eigenvalue weighted by Gasteiger charge is 2.27. The third-order valence-corrected chi connectivity index (χ3v) is 4.43. The van der Waals surface area contributed by atoms with E-state index in [2.05, 4.69) is 26.2 Å². The monoisotopic (exact) mass is 352 g/mol. The fourth-order valence-electron chi connectivity index (χ4n) is 3.11. The molecule has 8 heteroatoms. The number of imidazole rings is 1. The maximum Gasteiger partial charge on any atom is 0.167 e. The summed E-state index contributed by atoms with van der Waals surface area (Å²) in [5.41, 5.74) is 7.78. The van der Waals surface area contributed by atoms with Gasteiger partial charge in [-0.1, -0.05) is 12.0 Å². The zero-order chi connectivity index (χ0) is 18.1. The van der Waals surface area contributed by atoms with Crippen LogP contribution in [0.4, 0.5) is 15.9 Å². The second-order valence-corrected chi connectivity index (χ2v) is 5.96. The molecule has 2 aromatic heterocycles. The first-order valence-electron chi connectivity index (χ1n) is 8.25. The van der Waals surface area contributed by atoms with Crippen molar-refractivity contribution in [2.24, 2.45) is 5.73 Å². The van der Waals surface area contributed by atoms with Gasteiger partial charge in [0.15, 0.2) is 17.0 Å². The molecule has 0 aliphatic carbocycles. The Bertz CT molecular complexity index is 995. The van der Waals surface area contributed by atoms with Gasteiger partial charge in [0.1, 0.15) is 24.5 Å². The number of anilines is 2. The summed E-state index contributed by atoms with van der Waals surface area (Å²) < 4.78 is 21.6. The molecular formula is C18H17FN6O. The molecule has 1 saturated heterocycles. The van der Waals surface area contributed by atoms with Crippen molar-refractivity contribution in [2.75, 3.05) is 5.32 Å². The van der Waals surface area contributed by atoms with Crippen LogP contribution in [-0.2, 0) is 11.3 Å². The first kappa shape index (κ1) is 16.4. The Hall–Kier alpha value is -3.02. The minimum atomic E-state index is -0.368. The van der Waals surface area contributed by atoms with Crippen molar-refractivity contribution in [3.8, 4) is 12.3 Å². The average Bonchev–Trinajstić information content (AvgIpc) is 3.29. The van der Waals surface area contributed by atoms with Crippen LogP contribution in [-0.4, -0.2) is 25.6 Å². The standard InChI is InChI=1S/C18H17FN6O/c1-2-11-6-7-15(26-11)25-10-23-16-17(21-9-22-18(16)25)24-14-5-3-4-13(19)12(14)8-20/h1,3-5,9-11,15H,6-8,20H2,(H,21,22,24). The second-order valence-electron chi connectivity index (χ2n) is 5.96. The van der Waals surface area contributed by atoms with Crippen LogP contribution in [0.2, 0.25) is 0 Å². The Morgan fingerprint density at radius 1 is 1.35 bits per heavy atom. The van der Waals surface area contributed by atoms with E-state index in [1.165, 1.54) is 12.4 Å². The highest BCUT2D eigenvalue weighted by Crippen LogP contribution is 2.32. The number of nitrogens with one attached hydrogen (secondary N) is 1. The number of rotatable bonds is 4. The Labute approximate surface area is 149 Å². The number of halogens is 1. The Morgan fingerprint density at radius 2 is 2.23 bits per heavy atom. The van der Waals surface area contributed by atoms with Gasteiger partial charge in [-0.2, -0.15) is 0 Å². The van der Waals surface area contributed by atoms with Gasteiger partial charge in [0.05, 0.1) is 6.33 Å². The number of nitrogens with two attached hydrogens (primary N) is 1. The van der Waals surface area contributed by atoms with Crippen LogP contribution in [0, 0.1) is 18.2 Å². The average molecular weight is 352 g/mol. The molecule has 0 amide bonds. The van der Waals surface area contributed by atoms with Gasteiger partial charge in [0, 0.05) is 17.8 Å². The van der Waals surface area contributed by atoms with Gasteiger partial charge in [-0.05, 0) is 25.0 Å². The van der Waals surface area contributed by atoms with E-state index in [1.54, 1.807) is 18.5 Å². The van der Waals surface area contributed by atoms with Gasteiger partial charge in [-0.3, -0.25) is 4.57 Å². The molecule has 3 heterocycles. The first-order chi connectivity index (χ1) is 12.7. The predicted molar refractivity (Wildman–Crippen MR) is 94.9 cm³/mol. The van der Waals surface area contributed by atoms with Crippen LogP contribution in [0.5, 0.6) is 0 Å². The van der Waals surface area contributed by atoms with Gasteiger partial charge < -0.3 is 15.8 Å². The highest BCUT2D eigenvalue weighted by atomic mass is 19.1. The summed E-state index contributed by atoms with van der Waals surface area (Å²) in [4.78, 5) is 13.0. The predicted octanol–water partition coefficient (Wildman–Crippen LogP) is 2.48. The van der Waals surface area contributed by atoms with Crippen molar-refractivity contribution in [1.29, 1.82) is 0 Å². The van der Waals surface area contributed by atoms with Crippen LogP contribution in [0.1, 0.15) is 24.6 Å².